The molecule has 13 heteroatoms. The Morgan fingerprint density at radius 3 is 2.16 bits per heavy atom. The van der Waals surface area contributed by atoms with Crippen LogP contribution in [0.25, 0.3) is 0 Å². The Bertz CT molecular complexity index is 1190. The molecule has 1 saturated heterocycles. The van der Waals surface area contributed by atoms with Gasteiger partial charge in [0.15, 0.2) is 0 Å². The number of urea groups is 1. The van der Waals surface area contributed by atoms with Crippen molar-refractivity contribution in [3.8, 4) is 0 Å². The summed E-state index contributed by atoms with van der Waals surface area (Å²) in [5, 5.41) is 8.36. The van der Waals surface area contributed by atoms with Crippen molar-refractivity contribution >= 4 is 35.6 Å². The number of piperidine rings is 1. The highest BCUT2D eigenvalue weighted by atomic mass is 16.5. The third-order valence-electron chi connectivity index (χ3n) is 9.66. The molecule has 44 heavy (non-hydrogen) atoms. The van der Waals surface area contributed by atoms with Crippen LogP contribution in [-0.4, -0.2) is 96.8 Å². The van der Waals surface area contributed by atoms with Crippen LogP contribution in [0.15, 0.2) is 12.2 Å². The maximum Gasteiger partial charge on any atom is 0.409 e. The van der Waals surface area contributed by atoms with E-state index in [1.54, 1.807) is 6.92 Å². The van der Waals surface area contributed by atoms with Crippen molar-refractivity contribution in [2.24, 2.45) is 34.3 Å². The number of likely N-dealkylation sites (N-methyl/N-ethyl adjacent to an activating group) is 1. The van der Waals surface area contributed by atoms with Gasteiger partial charge in [0.2, 0.25) is 17.6 Å². The Balaban J connectivity index is 1.80. The minimum absolute atomic E-state index is 0.0650. The number of carbonyl (C=O) groups is 6. The van der Waals surface area contributed by atoms with E-state index < -0.39 is 65.2 Å². The van der Waals surface area contributed by atoms with Gasteiger partial charge >= 0.3 is 12.1 Å². The molecule has 0 spiro atoms. The molecule has 0 bridgehead atoms. The lowest BCUT2D eigenvalue weighted by Crippen LogP contribution is -2.62. The Morgan fingerprint density at radius 1 is 1.07 bits per heavy atom. The van der Waals surface area contributed by atoms with E-state index in [1.807, 2.05) is 34.6 Å². The second kappa shape index (κ2) is 13.2. The summed E-state index contributed by atoms with van der Waals surface area (Å²) in [5.41, 5.74) is 4.96. The van der Waals surface area contributed by atoms with Crippen LogP contribution in [0.1, 0.15) is 67.2 Å². The summed E-state index contributed by atoms with van der Waals surface area (Å²) in [6.45, 7) is 15.6. The third kappa shape index (κ3) is 7.52. The Kier molecular flexibility index (Phi) is 10.4. The highest BCUT2D eigenvalue weighted by molar-refractivity contribution is 6.37. The van der Waals surface area contributed by atoms with Crippen molar-refractivity contribution < 1.29 is 33.5 Å². The first-order valence-corrected chi connectivity index (χ1v) is 15.3. The van der Waals surface area contributed by atoms with Crippen molar-refractivity contribution in [2.45, 2.75) is 91.4 Å². The summed E-state index contributed by atoms with van der Waals surface area (Å²) < 4.78 is 4.73. The normalized spacial score (nSPS) is 24.0. The number of rotatable bonds is 12. The molecule has 6 atom stereocenters. The number of nitrogens with two attached hydrogens (primary N) is 1. The third-order valence-corrected chi connectivity index (χ3v) is 9.66. The van der Waals surface area contributed by atoms with Crippen LogP contribution in [0, 0.1) is 28.6 Å². The number of fused-ring (bicyclic) bond motifs is 1. The number of hydrogen-bond donors (Lipinski definition) is 4. The van der Waals surface area contributed by atoms with Gasteiger partial charge in [0, 0.05) is 20.1 Å². The van der Waals surface area contributed by atoms with E-state index in [2.05, 4.69) is 22.5 Å². The number of likely N-dealkylation sites (tertiary alicyclic amines) is 1. The first kappa shape index (κ1) is 34.8. The predicted molar refractivity (Wildman–Crippen MR) is 163 cm³/mol. The first-order valence-electron chi connectivity index (χ1n) is 15.3. The molecule has 1 unspecified atom stereocenters. The summed E-state index contributed by atoms with van der Waals surface area (Å²) in [5.74, 6) is -2.73. The van der Waals surface area contributed by atoms with Gasteiger partial charge in [-0.3, -0.25) is 19.2 Å². The maximum absolute atomic E-state index is 14.2. The van der Waals surface area contributed by atoms with Crippen molar-refractivity contribution in [3.05, 3.63) is 12.2 Å². The molecule has 1 heterocycles. The predicted octanol–water partition coefficient (Wildman–Crippen LogP) is 1.56. The van der Waals surface area contributed by atoms with Gasteiger partial charge in [0.1, 0.15) is 12.1 Å². The van der Waals surface area contributed by atoms with Crippen molar-refractivity contribution in [1.82, 2.24) is 25.8 Å². The van der Waals surface area contributed by atoms with Gasteiger partial charge in [-0.25, -0.2) is 9.59 Å². The van der Waals surface area contributed by atoms with E-state index in [4.69, 9.17) is 10.5 Å². The Hall–Kier alpha value is -3.64. The number of hydrogen-bond acceptors (Lipinski definition) is 7. The molecule has 6 amide bonds. The molecule has 246 valence electrons. The molecule has 3 fully saturated rings. The molecule has 13 nitrogen and oxygen atoms in total. The Labute approximate surface area is 260 Å². The largest absolute Gasteiger partial charge is 0.453 e. The van der Waals surface area contributed by atoms with Crippen LogP contribution in [0.5, 0.6) is 0 Å². The zero-order chi connectivity index (χ0) is 33.3. The van der Waals surface area contributed by atoms with E-state index in [9.17, 15) is 28.8 Å². The van der Waals surface area contributed by atoms with Gasteiger partial charge in [-0.15, -0.1) is 0 Å². The van der Waals surface area contributed by atoms with Crippen molar-refractivity contribution in [2.75, 3.05) is 27.2 Å². The first-order chi connectivity index (χ1) is 20.3. The SMILES string of the molecule is C=C(C)[C@@H](CN(C)C(=O)OC)NC(=O)N[C@H](C(=O)N1C[C@H]2[C@@H]([C@H]1C(=O)NC(CC1CCC1)C(=O)C(N)=O)C2(C)C)C(C)(C)C. The highest BCUT2D eigenvalue weighted by Crippen LogP contribution is 2.65. The van der Waals surface area contributed by atoms with E-state index >= 15 is 0 Å². The van der Waals surface area contributed by atoms with E-state index in [0.29, 0.717) is 18.5 Å². The molecule has 0 radical (unpaired) electrons. The van der Waals surface area contributed by atoms with Crippen LogP contribution in [0.4, 0.5) is 9.59 Å². The molecule has 0 aromatic heterocycles. The summed E-state index contributed by atoms with van der Waals surface area (Å²) in [4.78, 5) is 80.4. The molecule has 3 aliphatic rings. The standard InChI is InChI=1S/C31H50N6O7/c1-16(2)20(15-36(8)29(43)44-9)34-28(42)35-24(30(3,4)5)27(41)37-14-18-21(31(18,6)7)22(37)26(40)33-19(23(38)25(32)39)13-17-11-10-12-17/h17-22,24H,1,10-15H2,2-9H3,(H2,32,39)(H,33,40)(H2,34,35,42)/t18-,19?,20+,21-,22-,24+/m0/s1. The summed E-state index contributed by atoms with van der Waals surface area (Å²) in [6, 6.07) is -4.20. The fourth-order valence-electron chi connectivity index (χ4n) is 6.51. The molecule has 1 aliphatic heterocycles. The lowest BCUT2D eigenvalue weighted by molar-refractivity contribution is -0.145. The molecule has 2 saturated carbocycles. The number of ether oxygens (including phenoxy) is 1. The zero-order valence-corrected chi connectivity index (χ0v) is 27.3. The number of nitrogens with zero attached hydrogens (tertiary/aromatic N) is 2. The lowest BCUT2D eigenvalue weighted by Gasteiger charge is -2.38. The number of carbonyl (C=O) groups excluding carboxylic acids is 6. The molecule has 5 N–H and O–H groups in total. The van der Waals surface area contributed by atoms with Crippen molar-refractivity contribution in [3.63, 3.8) is 0 Å². The number of methoxy groups -OCH3 is 1. The number of nitrogens with one attached hydrogen (secondary N) is 3. The van der Waals surface area contributed by atoms with Gasteiger partial charge in [-0.2, -0.15) is 0 Å². The highest BCUT2D eigenvalue weighted by Gasteiger charge is 2.70. The van der Waals surface area contributed by atoms with Crippen LogP contribution in [-0.2, 0) is 23.9 Å². The fraction of sp³-hybridized carbons (Fsp3) is 0.742. The zero-order valence-electron chi connectivity index (χ0n) is 27.3. The number of primary amides is 1. The quantitative estimate of drug-likeness (QED) is 0.189. The fourth-order valence-corrected chi connectivity index (χ4v) is 6.51. The van der Waals surface area contributed by atoms with E-state index in [-0.39, 0.29) is 29.7 Å². The maximum atomic E-state index is 14.2. The number of Topliss-reactive ketones (excluding diaryl/α,β-unsaturated/α-hetero) is 1. The minimum Gasteiger partial charge on any atom is -0.453 e. The Morgan fingerprint density at radius 2 is 1.68 bits per heavy atom. The molecule has 0 aromatic carbocycles. The van der Waals surface area contributed by atoms with E-state index in [0.717, 1.165) is 19.3 Å². The van der Waals surface area contributed by atoms with Crippen molar-refractivity contribution in [1.29, 1.82) is 0 Å². The van der Waals surface area contributed by atoms with Gasteiger partial charge in [0.25, 0.3) is 5.91 Å². The average Bonchev–Trinajstić information content (AvgIpc) is 3.22. The minimum atomic E-state index is -1.10. The van der Waals surface area contributed by atoms with Crippen LogP contribution in [0.3, 0.4) is 0 Å². The molecular formula is C31H50N6O7. The van der Waals surface area contributed by atoms with Gasteiger partial charge < -0.3 is 36.2 Å². The second-order valence-electron chi connectivity index (χ2n) is 14.4. The number of amides is 6. The summed E-state index contributed by atoms with van der Waals surface area (Å²) in [7, 11) is 2.79. The van der Waals surface area contributed by atoms with Gasteiger partial charge in [-0.05, 0) is 41.9 Å². The monoisotopic (exact) mass is 618 g/mol. The summed E-state index contributed by atoms with van der Waals surface area (Å²) >= 11 is 0. The average molecular weight is 619 g/mol. The molecular weight excluding hydrogens is 568 g/mol. The summed E-state index contributed by atoms with van der Waals surface area (Å²) in [6.07, 6.45) is 2.61. The van der Waals surface area contributed by atoms with Crippen LogP contribution in [0.2, 0.25) is 0 Å². The molecule has 0 aromatic rings. The molecule has 2 aliphatic carbocycles. The molecule has 3 rings (SSSR count). The topological polar surface area (TPSA) is 180 Å². The smallest absolute Gasteiger partial charge is 0.409 e. The second-order valence-corrected chi connectivity index (χ2v) is 14.4. The van der Waals surface area contributed by atoms with E-state index in [1.165, 1.54) is 24.0 Å². The van der Waals surface area contributed by atoms with Crippen LogP contribution >= 0.6 is 0 Å². The number of ketones is 1. The van der Waals surface area contributed by atoms with Gasteiger partial charge in [0.05, 0.1) is 19.2 Å². The lowest BCUT2D eigenvalue weighted by atomic mass is 9.80. The van der Waals surface area contributed by atoms with Gasteiger partial charge in [-0.1, -0.05) is 66.0 Å². The van der Waals surface area contributed by atoms with Crippen LogP contribution < -0.4 is 21.7 Å².